The molecule has 9 heteroatoms. The number of methoxy groups -OCH3 is 2. The Balaban J connectivity index is 1.92. The predicted octanol–water partition coefficient (Wildman–Crippen LogP) is 2.68. The maximum absolute atomic E-state index is 14.4. The monoisotopic (exact) mass is 400 g/mol. The molecule has 0 atom stereocenters. The number of rotatable bonds is 9. The summed E-state index contributed by atoms with van der Waals surface area (Å²) < 4.78 is 31.1. The Hall–Kier alpha value is -3.30. The van der Waals surface area contributed by atoms with E-state index in [0.717, 1.165) is 0 Å². The van der Waals surface area contributed by atoms with Crippen LogP contribution in [0.15, 0.2) is 48.5 Å². The summed E-state index contributed by atoms with van der Waals surface area (Å²) in [5.74, 6) is -0.387. The van der Waals surface area contributed by atoms with E-state index in [0.29, 0.717) is 29.4 Å². The molecule has 152 valence electrons. The summed E-state index contributed by atoms with van der Waals surface area (Å²) in [6.07, 6.45) is 0. The fourth-order valence-corrected chi connectivity index (χ4v) is 2.58. The van der Waals surface area contributed by atoms with Crippen molar-refractivity contribution in [1.82, 2.24) is 14.8 Å². The number of nitrogens with zero attached hydrogens (tertiary/aromatic N) is 3. The van der Waals surface area contributed by atoms with Crippen LogP contribution >= 0.6 is 0 Å². The molecule has 0 radical (unpaired) electrons. The molecule has 0 aliphatic carbocycles. The third-order valence-corrected chi connectivity index (χ3v) is 3.89. The van der Waals surface area contributed by atoms with Crippen LogP contribution in [0.5, 0.6) is 6.01 Å². The lowest BCUT2D eigenvalue weighted by atomic mass is 10.2. The van der Waals surface area contributed by atoms with Crippen LogP contribution in [0.25, 0.3) is 17.1 Å². The number of nitrogens with one attached hydrogen (secondary N) is 1. The van der Waals surface area contributed by atoms with Crippen molar-refractivity contribution in [2.45, 2.75) is 0 Å². The third-order valence-electron chi connectivity index (χ3n) is 3.89. The molecule has 0 spiro atoms. The van der Waals surface area contributed by atoms with E-state index in [1.807, 2.05) is 0 Å². The van der Waals surface area contributed by atoms with Crippen molar-refractivity contribution >= 4 is 11.6 Å². The molecular weight excluding hydrogens is 379 g/mol. The highest BCUT2D eigenvalue weighted by Crippen LogP contribution is 2.26. The van der Waals surface area contributed by atoms with Crippen molar-refractivity contribution in [2.24, 2.45) is 0 Å². The van der Waals surface area contributed by atoms with E-state index in [-0.39, 0.29) is 25.1 Å². The van der Waals surface area contributed by atoms with E-state index in [1.165, 1.54) is 17.9 Å². The number of ether oxygens (including phenoxy) is 3. The van der Waals surface area contributed by atoms with Gasteiger partial charge in [0.2, 0.25) is 5.91 Å². The number of carbonyl (C=O) groups excluding carboxylic acids is 1. The topological polar surface area (TPSA) is 87.5 Å². The first-order valence-electron chi connectivity index (χ1n) is 8.85. The van der Waals surface area contributed by atoms with Gasteiger partial charge in [-0.2, -0.15) is 4.98 Å². The maximum atomic E-state index is 14.4. The maximum Gasteiger partial charge on any atom is 0.336 e. The molecule has 0 fully saturated rings. The third kappa shape index (κ3) is 5.15. The molecule has 3 aromatic rings. The fourth-order valence-electron chi connectivity index (χ4n) is 2.58. The zero-order valence-corrected chi connectivity index (χ0v) is 16.1. The highest BCUT2D eigenvalue weighted by molar-refractivity contribution is 5.91. The van der Waals surface area contributed by atoms with Crippen LogP contribution in [0.3, 0.4) is 0 Å². The highest BCUT2D eigenvalue weighted by atomic mass is 19.1. The normalized spacial score (nSPS) is 10.7. The van der Waals surface area contributed by atoms with Gasteiger partial charge in [-0.15, -0.1) is 5.10 Å². The average molecular weight is 400 g/mol. The lowest BCUT2D eigenvalue weighted by Crippen LogP contribution is -2.17. The van der Waals surface area contributed by atoms with E-state index >= 15 is 0 Å². The fraction of sp³-hybridized carbons (Fsp3) is 0.250. The molecule has 1 N–H and O–H groups in total. The Labute approximate surface area is 167 Å². The molecule has 0 unspecified atom stereocenters. The number of anilines is 1. The summed E-state index contributed by atoms with van der Waals surface area (Å²) in [5, 5.41) is 7.05. The zero-order valence-electron chi connectivity index (χ0n) is 16.1. The largest absolute Gasteiger partial charge is 0.460 e. The number of amides is 1. The number of benzene rings is 2. The standard InChI is InChI=1S/C20H21FN4O4/c1-27-11-12-29-20-23-19(16-5-3-4-6-17(16)21)25(24-20)15-9-7-14(8-10-15)22-18(26)13-28-2/h3-10H,11-13H2,1-2H3,(H,22,26). The molecule has 0 aliphatic rings. The summed E-state index contributed by atoms with van der Waals surface area (Å²) in [5.41, 5.74) is 1.51. The van der Waals surface area contributed by atoms with Gasteiger partial charge in [0.15, 0.2) is 5.82 Å². The summed E-state index contributed by atoms with van der Waals surface area (Å²) in [6.45, 7) is 0.603. The molecule has 0 saturated carbocycles. The SMILES string of the molecule is COCCOc1nc(-c2ccccc2F)n(-c2ccc(NC(=O)COC)cc2)n1. The van der Waals surface area contributed by atoms with Crippen LogP contribution in [0, 0.1) is 5.82 Å². The van der Waals surface area contributed by atoms with Gasteiger partial charge in [0.05, 0.1) is 17.9 Å². The molecule has 1 aromatic heterocycles. The minimum Gasteiger partial charge on any atom is -0.460 e. The first-order valence-corrected chi connectivity index (χ1v) is 8.85. The second kappa shape index (κ2) is 9.76. The van der Waals surface area contributed by atoms with E-state index in [2.05, 4.69) is 15.4 Å². The van der Waals surface area contributed by atoms with Crippen molar-refractivity contribution in [3.8, 4) is 23.1 Å². The Kier molecular flexibility index (Phi) is 6.88. The molecule has 2 aromatic carbocycles. The number of aromatic nitrogens is 3. The molecular formula is C20H21FN4O4. The molecule has 29 heavy (non-hydrogen) atoms. The minimum absolute atomic E-state index is 0.0373. The smallest absolute Gasteiger partial charge is 0.336 e. The van der Waals surface area contributed by atoms with Crippen molar-refractivity contribution in [2.75, 3.05) is 39.4 Å². The summed E-state index contributed by atoms with van der Waals surface area (Å²) >= 11 is 0. The first-order chi connectivity index (χ1) is 14.1. The molecule has 3 rings (SSSR count). The predicted molar refractivity (Wildman–Crippen MR) is 105 cm³/mol. The zero-order chi connectivity index (χ0) is 20.6. The lowest BCUT2D eigenvalue weighted by Gasteiger charge is -2.08. The van der Waals surface area contributed by atoms with E-state index in [1.54, 1.807) is 49.6 Å². The number of halogens is 1. The van der Waals surface area contributed by atoms with Gasteiger partial charge in [0, 0.05) is 19.9 Å². The van der Waals surface area contributed by atoms with Crippen LogP contribution in [-0.2, 0) is 14.3 Å². The average Bonchev–Trinajstić information content (AvgIpc) is 3.13. The van der Waals surface area contributed by atoms with E-state index in [4.69, 9.17) is 14.2 Å². The van der Waals surface area contributed by atoms with E-state index < -0.39 is 5.82 Å². The second-order valence-corrected chi connectivity index (χ2v) is 5.98. The van der Waals surface area contributed by atoms with Crippen molar-refractivity contribution in [3.63, 3.8) is 0 Å². The second-order valence-electron chi connectivity index (χ2n) is 5.98. The molecule has 0 bridgehead atoms. The number of carbonyl (C=O) groups is 1. The molecule has 8 nitrogen and oxygen atoms in total. The Morgan fingerprint density at radius 1 is 1.07 bits per heavy atom. The van der Waals surface area contributed by atoms with Crippen molar-refractivity contribution in [3.05, 3.63) is 54.3 Å². The van der Waals surface area contributed by atoms with Gasteiger partial charge >= 0.3 is 6.01 Å². The van der Waals surface area contributed by atoms with Crippen LogP contribution < -0.4 is 10.1 Å². The summed E-state index contributed by atoms with van der Waals surface area (Å²) in [7, 11) is 3.01. The number of hydrogen-bond acceptors (Lipinski definition) is 6. The quantitative estimate of drug-likeness (QED) is 0.556. The first kappa shape index (κ1) is 20.4. The van der Waals surface area contributed by atoms with Crippen LogP contribution in [0.4, 0.5) is 10.1 Å². The van der Waals surface area contributed by atoms with Gasteiger partial charge in [-0.3, -0.25) is 4.79 Å². The van der Waals surface area contributed by atoms with E-state index in [9.17, 15) is 9.18 Å². The summed E-state index contributed by atoms with van der Waals surface area (Å²) in [6, 6.07) is 13.3. The number of hydrogen-bond donors (Lipinski definition) is 1. The van der Waals surface area contributed by atoms with Crippen LogP contribution in [0.1, 0.15) is 0 Å². The Bertz CT molecular complexity index is 959. The van der Waals surface area contributed by atoms with Gasteiger partial charge in [0.25, 0.3) is 0 Å². The molecule has 1 heterocycles. The Morgan fingerprint density at radius 2 is 1.83 bits per heavy atom. The van der Waals surface area contributed by atoms with Gasteiger partial charge in [0.1, 0.15) is 19.0 Å². The van der Waals surface area contributed by atoms with Gasteiger partial charge in [-0.1, -0.05) is 12.1 Å². The van der Waals surface area contributed by atoms with Gasteiger partial charge in [-0.25, -0.2) is 9.07 Å². The lowest BCUT2D eigenvalue weighted by molar-refractivity contribution is -0.119. The van der Waals surface area contributed by atoms with Crippen LogP contribution in [-0.4, -0.2) is 54.7 Å². The van der Waals surface area contributed by atoms with Gasteiger partial charge < -0.3 is 19.5 Å². The van der Waals surface area contributed by atoms with Gasteiger partial charge in [-0.05, 0) is 36.4 Å². The molecule has 1 amide bonds. The summed E-state index contributed by atoms with van der Waals surface area (Å²) in [4.78, 5) is 16.0. The van der Waals surface area contributed by atoms with Crippen LogP contribution in [0.2, 0.25) is 0 Å². The minimum atomic E-state index is -0.423. The van der Waals surface area contributed by atoms with Crippen molar-refractivity contribution < 1.29 is 23.4 Å². The Morgan fingerprint density at radius 3 is 2.52 bits per heavy atom. The highest BCUT2D eigenvalue weighted by Gasteiger charge is 2.17. The molecule has 0 saturated heterocycles. The molecule has 0 aliphatic heterocycles. The van der Waals surface area contributed by atoms with Crippen molar-refractivity contribution in [1.29, 1.82) is 0 Å².